The van der Waals surface area contributed by atoms with Crippen LogP contribution in [-0.2, 0) is 6.54 Å². The lowest BCUT2D eigenvalue weighted by molar-refractivity contribution is 0.380. The van der Waals surface area contributed by atoms with Gasteiger partial charge in [-0.2, -0.15) is 4.98 Å². The van der Waals surface area contributed by atoms with Crippen molar-refractivity contribution >= 4 is 11.8 Å². The maximum absolute atomic E-state index is 5.54. The molecule has 1 atom stereocenters. The molecule has 0 spiro atoms. The summed E-state index contributed by atoms with van der Waals surface area (Å²) < 4.78 is 7.78. The number of rotatable bonds is 7. The molecule has 0 radical (unpaired) electrons. The molecule has 5 rings (SSSR count). The monoisotopic (exact) mass is 403 g/mol. The summed E-state index contributed by atoms with van der Waals surface area (Å²) in [7, 11) is 0. The zero-order chi connectivity index (χ0) is 19.6. The van der Waals surface area contributed by atoms with Crippen molar-refractivity contribution in [3.8, 4) is 11.4 Å². The maximum Gasteiger partial charge on any atom is 0.240 e. The van der Waals surface area contributed by atoms with E-state index in [1.165, 1.54) is 18.4 Å². The Morgan fingerprint density at radius 3 is 2.48 bits per heavy atom. The SMILES string of the molecule is CC(Sc1nnc(C2CC2)n1Cc1ccccc1)c1nc(-c2ccccc2)no1. The van der Waals surface area contributed by atoms with E-state index in [1.807, 2.05) is 36.4 Å². The topological polar surface area (TPSA) is 69.6 Å². The first-order chi connectivity index (χ1) is 14.3. The highest BCUT2D eigenvalue weighted by molar-refractivity contribution is 7.99. The fraction of sp³-hybridized carbons (Fsp3) is 0.273. The molecule has 1 saturated carbocycles. The highest BCUT2D eigenvalue weighted by Crippen LogP contribution is 2.42. The summed E-state index contributed by atoms with van der Waals surface area (Å²) >= 11 is 1.61. The van der Waals surface area contributed by atoms with Gasteiger partial charge in [0.2, 0.25) is 11.7 Å². The number of nitrogens with zero attached hydrogens (tertiary/aromatic N) is 5. The second-order valence-corrected chi connectivity index (χ2v) is 8.58. The van der Waals surface area contributed by atoms with Crippen LogP contribution in [-0.4, -0.2) is 24.9 Å². The van der Waals surface area contributed by atoms with Crippen molar-refractivity contribution < 1.29 is 4.52 Å². The summed E-state index contributed by atoms with van der Waals surface area (Å²) in [5.41, 5.74) is 2.19. The smallest absolute Gasteiger partial charge is 0.240 e. The normalized spacial score (nSPS) is 14.8. The number of hydrogen-bond donors (Lipinski definition) is 0. The maximum atomic E-state index is 5.54. The van der Waals surface area contributed by atoms with Gasteiger partial charge in [-0.05, 0) is 25.3 Å². The lowest BCUT2D eigenvalue weighted by atomic mass is 10.2. The first-order valence-corrected chi connectivity index (χ1v) is 10.7. The van der Waals surface area contributed by atoms with Gasteiger partial charge in [0, 0.05) is 11.5 Å². The van der Waals surface area contributed by atoms with Crippen LogP contribution in [0.4, 0.5) is 0 Å². The van der Waals surface area contributed by atoms with Crippen LogP contribution in [0.25, 0.3) is 11.4 Å². The van der Waals surface area contributed by atoms with E-state index in [4.69, 9.17) is 4.52 Å². The summed E-state index contributed by atoms with van der Waals surface area (Å²) in [6, 6.07) is 20.3. The van der Waals surface area contributed by atoms with Gasteiger partial charge < -0.3 is 9.09 Å². The molecule has 0 aliphatic heterocycles. The molecular weight excluding hydrogens is 382 g/mol. The van der Waals surface area contributed by atoms with E-state index in [9.17, 15) is 0 Å². The van der Waals surface area contributed by atoms with Crippen molar-refractivity contribution in [3.63, 3.8) is 0 Å². The van der Waals surface area contributed by atoms with E-state index in [2.05, 4.69) is 56.1 Å². The number of thioether (sulfide) groups is 1. The van der Waals surface area contributed by atoms with Crippen LogP contribution in [0.1, 0.15) is 48.2 Å². The van der Waals surface area contributed by atoms with Gasteiger partial charge in [-0.1, -0.05) is 77.6 Å². The molecule has 29 heavy (non-hydrogen) atoms. The van der Waals surface area contributed by atoms with E-state index in [0.717, 1.165) is 23.1 Å². The Balaban J connectivity index is 1.38. The Hall–Kier alpha value is -2.93. The van der Waals surface area contributed by atoms with E-state index >= 15 is 0 Å². The summed E-state index contributed by atoms with van der Waals surface area (Å²) in [6.07, 6.45) is 2.38. The average Bonchev–Trinajstić information content (AvgIpc) is 3.35. The molecule has 1 unspecified atom stereocenters. The van der Waals surface area contributed by atoms with E-state index < -0.39 is 0 Å². The fourth-order valence-electron chi connectivity index (χ4n) is 3.26. The van der Waals surface area contributed by atoms with Crippen LogP contribution in [0.15, 0.2) is 70.3 Å². The van der Waals surface area contributed by atoms with Gasteiger partial charge in [-0.15, -0.1) is 10.2 Å². The molecule has 2 aromatic heterocycles. The Morgan fingerprint density at radius 2 is 1.76 bits per heavy atom. The van der Waals surface area contributed by atoms with Gasteiger partial charge >= 0.3 is 0 Å². The van der Waals surface area contributed by atoms with Crippen molar-refractivity contribution in [2.45, 2.75) is 42.6 Å². The minimum absolute atomic E-state index is 0.0225. The molecule has 0 bridgehead atoms. The molecular formula is C22H21N5OS. The molecule has 4 aromatic rings. The van der Waals surface area contributed by atoms with E-state index in [1.54, 1.807) is 11.8 Å². The number of hydrogen-bond acceptors (Lipinski definition) is 6. The van der Waals surface area contributed by atoms with Crippen molar-refractivity contribution in [2.75, 3.05) is 0 Å². The Morgan fingerprint density at radius 1 is 1.03 bits per heavy atom. The first-order valence-electron chi connectivity index (χ1n) is 9.80. The summed E-state index contributed by atoms with van der Waals surface area (Å²) in [5.74, 6) is 2.82. The third-order valence-electron chi connectivity index (χ3n) is 4.98. The first kappa shape index (κ1) is 18.1. The zero-order valence-electron chi connectivity index (χ0n) is 16.1. The third-order valence-corrected chi connectivity index (χ3v) is 6.04. The molecule has 1 fully saturated rings. The van der Waals surface area contributed by atoms with Crippen LogP contribution in [0, 0.1) is 0 Å². The molecule has 0 N–H and O–H groups in total. The van der Waals surface area contributed by atoms with Gasteiger partial charge in [-0.25, -0.2) is 0 Å². The van der Waals surface area contributed by atoms with Crippen LogP contribution < -0.4 is 0 Å². The Kier molecular flexibility index (Phi) is 4.89. The van der Waals surface area contributed by atoms with Gasteiger partial charge in [0.1, 0.15) is 5.82 Å². The molecule has 7 heteroatoms. The molecule has 0 saturated heterocycles. The fourth-order valence-corrected chi connectivity index (χ4v) is 4.14. The third kappa shape index (κ3) is 3.96. The Labute approximate surface area is 173 Å². The minimum Gasteiger partial charge on any atom is -0.338 e. The van der Waals surface area contributed by atoms with E-state index in [-0.39, 0.29) is 5.25 Å². The lowest BCUT2D eigenvalue weighted by Crippen LogP contribution is -2.06. The van der Waals surface area contributed by atoms with Crippen molar-refractivity contribution in [1.29, 1.82) is 0 Å². The number of benzene rings is 2. The van der Waals surface area contributed by atoms with Crippen molar-refractivity contribution in [2.24, 2.45) is 0 Å². The van der Waals surface area contributed by atoms with Gasteiger partial charge in [0.05, 0.1) is 11.8 Å². The predicted molar refractivity (Wildman–Crippen MR) is 112 cm³/mol. The van der Waals surface area contributed by atoms with Crippen LogP contribution in [0.5, 0.6) is 0 Å². The molecule has 1 aliphatic rings. The summed E-state index contributed by atoms with van der Waals surface area (Å²) in [6.45, 7) is 2.83. The molecule has 6 nitrogen and oxygen atoms in total. The average molecular weight is 404 g/mol. The van der Waals surface area contributed by atoms with E-state index in [0.29, 0.717) is 17.6 Å². The van der Waals surface area contributed by atoms with Crippen molar-refractivity contribution in [3.05, 3.63) is 77.9 Å². The lowest BCUT2D eigenvalue weighted by Gasteiger charge is -2.11. The molecule has 2 aromatic carbocycles. The molecule has 2 heterocycles. The van der Waals surface area contributed by atoms with Crippen molar-refractivity contribution in [1.82, 2.24) is 24.9 Å². The summed E-state index contributed by atoms with van der Waals surface area (Å²) in [4.78, 5) is 4.59. The molecule has 0 amide bonds. The highest BCUT2D eigenvalue weighted by Gasteiger charge is 2.31. The largest absolute Gasteiger partial charge is 0.338 e. The standard InChI is InChI=1S/C22H21N5OS/c1-15(21-23-19(26-28-21)17-10-6-3-7-11-17)29-22-25-24-20(18-12-13-18)27(22)14-16-8-4-2-5-9-16/h2-11,15,18H,12-14H2,1H3. The van der Waals surface area contributed by atoms with Gasteiger partial charge in [0.25, 0.3) is 0 Å². The van der Waals surface area contributed by atoms with Gasteiger partial charge in [-0.3, -0.25) is 0 Å². The van der Waals surface area contributed by atoms with Crippen LogP contribution in [0.2, 0.25) is 0 Å². The van der Waals surface area contributed by atoms with Gasteiger partial charge in [0.15, 0.2) is 5.16 Å². The molecule has 146 valence electrons. The van der Waals surface area contributed by atoms with Crippen LogP contribution >= 0.6 is 11.8 Å². The molecule has 1 aliphatic carbocycles. The zero-order valence-corrected chi connectivity index (χ0v) is 16.9. The Bertz CT molecular complexity index is 1090. The highest BCUT2D eigenvalue weighted by atomic mass is 32.2. The minimum atomic E-state index is -0.0225. The number of aromatic nitrogens is 5. The van der Waals surface area contributed by atoms with Crippen LogP contribution in [0.3, 0.4) is 0 Å². The second-order valence-electron chi connectivity index (χ2n) is 7.27. The second kappa shape index (κ2) is 7.83. The predicted octanol–water partition coefficient (Wildman–Crippen LogP) is 5.11. The quantitative estimate of drug-likeness (QED) is 0.400. The summed E-state index contributed by atoms with van der Waals surface area (Å²) in [5, 5.41) is 14.0.